The third-order valence-electron chi connectivity index (χ3n) is 8.68. The fourth-order valence-corrected chi connectivity index (χ4v) is 6.86. The molecule has 1 aliphatic carbocycles. The number of aliphatic carboxylic acids is 1. The zero-order chi connectivity index (χ0) is 30.2. The molecule has 1 aliphatic heterocycles. The van der Waals surface area contributed by atoms with Crippen molar-refractivity contribution in [2.24, 2.45) is 18.9 Å². The van der Waals surface area contributed by atoms with E-state index in [1.807, 2.05) is 4.90 Å². The molecule has 1 atom stereocenters. The van der Waals surface area contributed by atoms with E-state index in [4.69, 9.17) is 0 Å². The Morgan fingerprint density at radius 1 is 1.02 bits per heavy atom. The number of carboxylic acid groups (broad SMARTS) is 1. The summed E-state index contributed by atoms with van der Waals surface area (Å²) < 4.78 is 41.1. The fourth-order valence-electron chi connectivity index (χ4n) is 6.86. The van der Waals surface area contributed by atoms with Gasteiger partial charge in [0.25, 0.3) is 5.95 Å². The summed E-state index contributed by atoms with van der Waals surface area (Å²) in [7, 11) is 1.68. The van der Waals surface area contributed by atoms with Gasteiger partial charge in [0, 0.05) is 25.3 Å². The summed E-state index contributed by atoms with van der Waals surface area (Å²) in [4.78, 5) is 17.3. The molecule has 2 aromatic carbocycles. The molecule has 0 unspecified atom stereocenters. The summed E-state index contributed by atoms with van der Waals surface area (Å²) in [6.07, 6.45) is 0.402. The van der Waals surface area contributed by atoms with E-state index in [2.05, 4.69) is 46.3 Å². The zero-order valence-corrected chi connectivity index (χ0v) is 24.7. The lowest BCUT2D eigenvalue weighted by molar-refractivity contribution is -0.143. The maximum Gasteiger partial charge on any atom is 0.416 e. The van der Waals surface area contributed by atoms with Gasteiger partial charge in [-0.05, 0) is 99.3 Å². The Balaban J connectivity index is 1.52. The molecule has 0 amide bonds. The number of rotatable bonds is 7. The molecular formula is C31H39F3N6O2. The average molecular weight is 585 g/mol. The van der Waals surface area contributed by atoms with Crippen molar-refractivity contribution in [1.82, 2.24) is 20.2 Å². The normalized spacial score (nSPS) is 21.1. The first-order valence-electron chi connectivity index (χ1n) is 14.7. The predicted octanol–water partition coefficient (Wildman–Crippen LogP) is 6.39. The second-order valence-electron chi connectivity index (χ2n) is 12.1. The van der Waals surface area contributed by atoms with Crippen molar-refractivity contribution in [2.45, 2.75) is 78.1 Å². The van der Waals surface area contributed by atoms with Gasteiger partial charge in [-0.25, -0.2) is 0 Å². The lowest BCUT2D eigenvalue weighted by Crippen LogP contribution is -2.34. The maximum absolute atomic E-state index is 13.7. The molecule has 0 radical (unpaired) electrons. The van der Waals surface area contributed by atoms with Crippen molar-refractivity contribution >= 4 is 17.6 Å². The Labute approximate surface area is 244 Å². The third-order valence-corrected chi connectivity index (χ3v) is 8.68. The van der Waals surface area contributed by atoms with Gasteiger partial charge in [0.2, 0.25) is 0 Å². The van der Waals surface area contributed by atoms with Crippen molar-refractivity contribution in [3.63, 3.8) is 0 Å². The number of nitrogens with zero attached hydrogens (tertiary/aromatic N) is 6. The number of hydrogen-bond donors (Lipinski definition) is 1. The Kier molecular flexibility index (Phi) is 8.48. The lowest BCUT2D eigenvalue weighted by atomic mass is 9.81. The quantitative estimate of drug-likeness (QED) is 0.344. The Bertz CT molecular complexity index is 1430. The molecule has 3 aromatic rings. The number of carboxylic acids is 1. The third kappa shape index (κ3) is 6.55. The van der Waals surface area contributed by atoms with Crippen LogP contribution in [0.1, 0.15) is 77.9 Å². The summed E-state index contributed by atoms with van der Waals surface area (Å²) in [5.41, 5.74) is 4.94. The predicted molar refractivity (Wildman–Crippen MR) is 154 cm³/mol. The van der Waals surface area contributed by atoms with Crippen LogP contribution in [0.2, 0.25) is 0 Å². The Morgan fingerprint density at radius 3 is 2.38 bits per heavy atom. The number of aromatic nitrogens is 4. The number of fused-ring (bicyclic) bond motifs is 1. The van der Waals surface area contributed by atoms with E-state index in [0.717, 1.165) is 61.2 Å². The van der Waals surface area contributed by atoms with E-state index in [1.54, 1.807) is 20.0 Å². The molecule has 11 heteroatoms. The smallest absolute Gasteiger partial charge is 0.416 e. The molecule has 0 spiro atoms. The van der Waals surface area contributed by atoms with Gasteiger partial charge in [-0.15, -0.1) is 5.10 Å². The van der Waals surface area contributed by atoms with E-state index in [0.29, 0.717) is 35.8 Å². The molecule has 5 rings (SSSR count). The van der Waals surface area contributed by atoms with Crippen LogP contribution in [0.15, 0.2) is 30.3 Å². The largest absolute Gasteiger partial charge is 0.481 e. The number of benzene rings is 2. The highest BCUT2D eigenvalue weighted by Gasteiger charge is 2.35. The first-order chi connectivity index (χ1) is 19.9. The maximum atomic E-state index is 13.7. The Morgan fingerprint density at radius 2 is 1.74 bits per heavy atom. The van der Waals surface area contributed by atoms with Crippen molar-refractivity contribution in [2.75, 3.05) is 22.9 Å². The standard InChI is InChI=1S/C31H39F3N6O2/c1-19-12-21(3)28-26(15-19)27(6-5-11-39(28)17-22-7-9-24(10-8-22)29(41)42)40(30-35-37-38(4)36-30)18-23-13-20(2)14-25(16-23)31(32,33)34/h12-16,22,24,27H,5-11,17-18H2,1-4H3,(H,41,42)/t22?,24?,27-/m0/s1. The van der Waals surface area contributed by atoms with Crippen LogP contribution in [0.25, 0.3) is 0 Å². The summed E-state index contributed by atoms with van der Waals surface area (Å²) in [6.45, 7) is 7.76. The van der Waals surface area contributed by atoms with Crippen LogP contribution in [-0.2, 0) is 24.6 Å². The first kappa shape index (κ1) is 29.8. The molecule has 1 N–H and O–H groups in total. The fraction of sp³-hybridized carbons (Fsp3) is 0.548. The highest BCUT2D eigenvalue weighted by Crippen LogP contribution is 2.42. The van der Waals surface area contributed by atoms with Crippen LogP contribution in [0.3, 0.4) is 0 Å². The molecule has 226 valence electrons. The Hall–Kier alpha value is -3.63. The molecule has 2 heterocycles. The number of alkyl halides is 3. The van der Waals surface area contributed by atoms with Crippen LogP contribution in [0.5, 0.6) is 0 Å². The number of anilines is 2. The van der Waals surface area contributed by atoms with Gasteiger partial charge in [0.1, 0.15) is 0 Å². The van der Waals surface area contributed by atoms with Crippen molar-refractivity contribution < 1.29 is 23.1 Å². The number of hydrogen-bond acceptors (Lipinski definition) is 6. The molecule has 1 saturated carbocycles. The van der Waals surface area contributed by atoms with E-state index in [9.17, 15) is 23.1 Å². The van der Waals surface area contributed by atoms with E-state index < -0.39 is 17.7 Å². The number of carbonyl (C=O) groups is 1. The molecule has 42 heavy (non-hydrogen) atoms. The van der Waals surface area contributed by atoms with Gasteiger partial charge >= 0.3 is 12.1 Å². The second-order valence-corrected chi connectivity index (χ2v) is 12.1. The van der Waals surface area contributed by atoms with Crippen molar-refractivity contribution in [3.05, 3.63) is 63.7 Å². The van der Waals surface area contributed by atoms with Crippen LogP contribution < -0.4 is 9.80 Å². The summed E-state index contributed by atoms with van der Waals surface area (Å²) >= 11 is 0. The minimum atomic E-state index is -4.44. The minimum Gasteiger partial charge on any atom is -0.481 e. The van der Waals surface area contributed by atoms with Crippen LogP contribution >= 0.6 is 0 Å². The SMILES string of the molecule is Cc1cc(CN(c2nnn(C)n2)[C@H]2CCCN(CC3CCC(C(=O)O)CC3)c3c(C)cc(C)cc32)cc(C(F)(F)F)c1. The lowest BCUT2D eigenvalue weighted by Gasteiger charge is -2.36. The van der Waals surface area contributed by atoms with Crippen molar-refractivity contribution in [3.8, 4) is 0 Å². The van der Waals surface area contributed by atoms with E-state index in [1.165, 1.54) is 16.9 Å². The molecule has 8 nitrogen and oxygen atoms in total. The molecule has 2 aliphatic rings. The van der Waals surface area contributed by atoms with Gasteiger partial charge in [-0.1, -0.05) is 34.4 Å². The zero-order valence-electron chi connectivity index (χ0n) is 24.7. The highest BCUT2D eigenvalue weighted by molar-refractivity contribution is 5.70. The number of tetrazole rings is 1. The van der Waals surface area contributed by atoms with Gasteiger partial charge in [-0.2, -0.15) is 18.0 Å². The van der Waals surface area contributed by atoms with Crippen LogP contribution in [0, 0.1) is 32.6 Å². The van der Waals surface area contributed by atoms with Crippen molar-refractivity contribution in [1.29, 1.82) is 0 Å². The molecular weight excluding hydrogens is 545 g/mol. The molecule has 0 bridgehead atoms. The second kappa shape index (κ2) is 11.9. The first-order valence-corrected chi connectivity index (χ1v) is 14.7. The summed E-state index contributed by atoms with van der Waals surface area (Å²) in [5.74, 6) is -0.157. The van der Waals surface area contributed by atoms with Gasteiger partial charge in [0.15, 0.2) is 0 Å². The van der Waals surface area contributed by atoms with Crippen LogP contribution in [0.4, 0.5) is 24.8 Å². The molecule has 0 saturated heterocycles. The summed E-state index contributed by atoms with van der Waals surface area (Å²) in [6, 6.07) is 8.37. The topological polar surface area (TPSA) is 87.4 Å². The number of halogens is 3. The highest BCUT2D eigenvalue weighted by atomic mass is 19.4. The number of aryl methyl sites for hydroxylation is 4. The van der Waals surface area contributed by atoms with Crippen LogP contribution in [-0.4, -0.2) is 44.4 Å². The van der Waals surface area contributed by atoms with E-state index in [-0.39, 0.29) is 18.5 Å². The average Bonchev–Trinajstić information content (AvgIpc) is 3.26. The summed E-state index contributed by atoms with van der Waals surface area (Å²) in [5, 5.41) is 22.3. The minimum absolute atomic E-state index is 0.176. The monoisotopic (exact) mass is 584 g/mol. The van der Waals surface area contributed by atoms with Gasteiger partial charge < -0.3 is 14.9 Å². The molecule has 1 aromatic heterocycles. The van der Waals surface area contributed by atoms with Gasteiger partial charge in [-0.3, -0.25) is 4.79 Å². The van der Waals surface area contributed by atoms with Gasteiger partial charge in [0.05, 0.1) is 24.6 Å². The molecule has 1 fully saturated rings. The van der Waals surface area contributed by atoms with E-state index >= 15 is 0 Å².